The number of alkyl carbamates (subject to hydrolysis) is 1. The minimum Gasteiger partial charge on any atom is -0.444 e. The number of nitrogens with two attached hydrogens (primary N) is 1. The van der Waals surface area contributed by atoms with Crippen LogP contribution in [-0.4, -0.2) is 130 Å². The SMILES string of the molecule is C[C@@H]([C@@H](O)[C@H](OCCO)O[C@@H]1[C@@H](O)[C@H](O)[C@@H](N)C[C@H]1NC(=O)CCNC(=O)OC(C)(C)C)N(C)C(=O)OC(C)(C)C. The number of rotatable bonds is 12. The maximum atomic E-state index is 12.7. The van der Waals surface area contributed by atoms with E-state index in [-0.39, 0.29) is 26.0 Å². The van der Waals surface area contributed by atoms with Crippen molar-refractivity contribution < 1.29 is 53.8 Å². The second-order valence-corrected chi connectivity index (χ2v) is 12.1. The van der Waals surface area contributed by atoms with E-state index in [0.29, 0.717) is 0 Å². The largest absolute Gasteiger partial charge is 0.444 e. The van der Waals surface area contributed by atoms with E-state index in [1.165, 1.54) is 14.0 Å². The fraction of sp³-hybridized carbons (Fsp3) is 0.885. The monoisotopic (exact) mass is 594 g/mol. The van der Waals surface area contributed by atoms with Crippen molar-refractivity contribution >= 4 is 18.1 Å². The molecule has 0 bridgehead atoms. The molecule has 8 atom stereocenters. The number of likely N-dealkylation sites (N-methyl/N-ethyl adjacent to an activating group) is 1. The molecule has 0 aromatic carbocycles. The number of carbonyl (C=O) groups is 3. The van der Waals surface area contributed by atoms with Crippen LogP contribution >= 0.6 is 0 Å². The summed E-state index contributed by atoms with van der Waals surface area (Å²) in [4.78, 5) is 38.2. The molecule has 41 heavy (non-hydrogen) atoms. The summed E-state index contributed by atoms with van der Waals surface area (Å²) < 4.78 is 21.9. The van der Waals surface area contributed by atoms with Crippen molar-refractivity contribution in [2.45, 2.75) is 121 Å². The van der Waals surface area contributed by atoms with Gasteiger partial charge in [-0.05, 0) is 54.9 Å². The molecule has 0 aromatic heterocycles. The fourth-order valence-electron chi connectivity index (χ4n) is 3.94. The summed E-state index contributed by atoms with van der Waals surface area (Å²) in [6, 6.07) is -2.76. The van der Waals surface area contributed by atoms with Crippen LogP contribution in [0, 0.1) is 0 Å². The van der Waals surface area contributed by atoms with Crippen molar-refractivity contribution in [3.8, 4) is 0 Å². The smallest absolute Gasteiger partial charge is 0.410 e. The number of nitrogens with zero attached hydrogens (tertiary/aromatic N) is 1. The van der Waals surface area contributed by atoms with Gasteiger partial charge in [-0.3, -0.25) is 4.79 Å². The van der Waals surface area contributed by atoms with Crippen LogP contribution in [0.25, 0.3) is 0 Å². The molecular weight excluding hydrogens is 544 g/mol. The zero-order valence-corrected chi connectivity index (χ0v) is 25.3. The highest BCUT2D eigenvalue weighted by Crippen LogP contribution is 2.26. The lowest BCUT2D eigenvalue weighted by Crippen LogP contribution is -2.65. The Labute approximate surface area is 241 Å². The van der Waals surface area contributed by atoms with E-state index in [0.717, 1.165) is 4.90 Å². The average Bonchev–Trinajstić information content (AvgIpc) is 2.83. The molecule has 1 fully saturated rings. The van der Waals surface area contributed by atoms with Gasteiger partial charge in [0.25, 0.3) is 0 Å². The Hall–Kier alpha value is -2.27. The van der Waals surface area contributed by atoms with Crippen molar-refractivity contribution in [3.05, 3.63) is 0 Å². The van der Waals surface area contributed by atoms with E-state index in [4.69, 9.17) is 24.7 Å². The molecule has 0 unspecified atom stereocenters. The van der Waals surface area contributed by atoms with Crippen LogP contribution in [0.5, 0.6) is 0 Å². The molecule has 1 aliphatic rings. The zero-order valence-electron chi connectivity index (χ0n) is 25.3. The minimum absolute atomic E-state index is 0.00427. The predicted octanol–water partition coefficient (Wildman–Crippen LogP) is -0.825. The van der Waals surface area contributed by atoms with Gasteiger partial charge in [-0.15, -0.1) is 0 Å². The zero-order chi connectivity index (χ0) is 31.7. The number of carbonyl (C=O) groups excluding carboxylic acids is 3. The first-order chi connectivity index (χ1) is 18.8. The highest BCUT2D eigenvalue weighted by Gasteiger charge is 2.46. The molecule has 0 spiro atoms. The van der Waals surface area contributed by atoms with E-state index in [1.807, 2.05) is 0 Å². The molecule has 0 saturated heterocycles. The number of nitrogens with one attached hydrogen (secondary N) is 2. The van der Waals surface area contributed by atoms with Gasteiger partial charge in [0, 0.05) is 26.1 Å². The van der Waals surface area contributed by atoms with Crippen molar-refractivity contribution in [2.75, 3.05) is 26.8 Å². The van der Waals surface area contributed by atoms with E-state index < -0.39 is 84.7 Å². The Bertz CT molecular complexity index is 848. The Morgan fingerprint density at radius 1 is 1.05 bits per heavy atom. The summed E-state index contributed by atoms with van der Waals surface area (Å²) >= 11 is 0. The summed E-state index contributed by atoms with van der Waals surface area (Å²) in [6.45, 7) is 11.0. The topological polar surface area (TPSA) is 222 Å². The van der Waals surface area contributed by atoms with E-state index >= 15 is 0 Å². The molecular formula is C26H50N4O11. The summed E-state index contributed by atoms with van der Waals surface area (Å²) in [5.74, 6) is -0.512. The van der Waals surface area contributed by atoms with Crippen LogP contribution in [0.3, 0.4) is 0 Å². The third-order valence-electron chi connectivity index (χ3n) is 6.14. The first kappa shape index (κ1) is 36.8. The third-order valence-corrected chi connectivity index (χ3v) is 6.14. The molecule has 3 amide bonds. The molecule has 0 heterocycles. The average molecular weight is 595 g/mol. The lowest BCUT2D eigenvalue weighted by molar-refractivity contribution is -0.259. The van der Waals surface area contributed by atoms with Crippen molar-refractivity contribution in [2.24, 2.45) is 5.73 Å². The summed E-state index contributed by atoms with van der Waals surface area (Å²) in [5.41, 5.74) is 4.49. The maximum absolute atomic E-state index is 12.7. The molecule has 0 aromatic rings. The second-order valence-electron chi connectivity index (χ2n) is 12.1. The van der Waals surface area contributed by atoms with Gasteiger partial charge in [-0.2, -0.15) is 0 Å². The number of hydrogen-bond acceptors (Lipinski definition) is 12. The van der Waals surface area contributed by atoms with Crippen molar-refractivity contribution in [3.63, 3.8) is 0 Å². The second kappa shape index (κ2) is 15.8. The first-order valence-electron chi connectivity index (χ1n) is 13.7. The number of aliphatic hydroxyl groups is 4. The van der Waals surface area contributed by atoms with Gasteiger partial charge < -0.3 is 60.6 Å². The highest BCUT2D eigenvalue weighted by molar-refractivity contribution is 5.77. The van der Waals surface area contributed by atoms with Crippen LogP contribution in [0.15, 0.2) is 0 Å². The van der Waals surface area contributed by atoms with E-state index in [2.05, 4.69) is 10.6 Å². The molecule has 1 saturated carbocycles. The minimum atomic E-state index is -1.59. The molecule has 15 heteroatoms. The first-order valence-corrected chi connectivity index (χ1v) is 13.7. The molecule has 8 N–H and O–H groups in total. The Morgan fingerprint density at radius 3 is 2.17 bits per heavy atom. The molecule has 0 aliphatic heterocycles. The number of hydrogen-bond donors (Lipinski definition) is 7. The predicted molar refractivity (Wildman–Crippen MR) is 147 cm³/mol. The molecule has 1 rings (SSSR count). The van der Waals surface area contributed by atoms with Gasteiger partial charge in [0.15, 0.2) is 6.29 Å². The quantitative estimate of drug-likeness (QED) is 0.138. The van der Waals surface area contributed by atoms with Gasteiger partial charge in [-0.1, -0.05) is 0 Å². The standard InChI is InChI=1S/C26H50N4O11/c1-14(30(8)24(37)41-26(5,6)7)18(33)22(38-12-11-31)39-21-16(13-15(27)19(34)20(21)35)29-17(32)9-10-28-23(36)40-25(2,3)4/h14-16,18-22,31,33-35H,9-13,27H2,1-8H3,(H,28,36)(H,29,32)/t14-,15-,16+,18+,19+,20-,21-,22+/m0/s1. The number of amides is 3. The maximum Gasteiger partial charge on any atom is 0.410 e. The molecule has 240 valence electrons. The highest BCUT2D eigenvalue weighted by atomic mass is 16.7. The summed E-state index contributed by atoms with van der Waals surface area (Å²) in [6.07, 6.45) is -8.85. The van der Waals surface area contributed by atoms with Crippen LogP contribution in [-0.2, 0) is 23.7 Å². The summed E-state index contributed by atoms with van der Waals surface area (Å²) in [5, 5.41) is 46.8. The molecule has 0 radical (unpaired) electrons. The Balaban J connectivity index is 3.01. The third kappa shape index (κ3) is 12.6. The van der Waals surface area contributed by atoms with Gasteiger partial charge in [-0.25, -0.2) is 9.59 Å². The molecule has 15 nitrogen and oxygen atoms in total. The fourth-order valence-corrected chi connectivity index (χ4v) is 3.94. The normalized spacial score (nSPS) is 25.4. The van der Waals surface area contributed by atoms with Crippen LogP contribution in [0.4, 0.5) is 9.59 Å². The van der Waals surface area contributed by atoms with Crippen LogP contribution < -0.4 is 16.4 Å². The van der Waals surface area contributed by atoms with Crippen LogP contribution in [0.2, 0.25) is 0 Å². The van der Waals surface area contributed by atoms with E-state index in [9.17, 15) is 34.8 Å². The van der Waals surface area contributed by atoms with Crippen molar-refractivity contribution in [1.29, 1.82) is 0 Å². The van der Waals surface area contributed by atoms with E-state index in [1.54, 1.807) is 41.5 Å². The van der Waals surface area contributed by atoms with Crippen LogP contribution in [0.1, 0.15) is 61.3 Å². The van der Waals surface area contributed by atoms with Gasteiger partial charge >= 0.3 is 12.2 Å². The number of aliphatic hydroxyl groups excluding tert-OH is 4. The van der Waals surface area contributed by atoms with Gasteiger partial charge in [0.1, 0.15) is 29.5 Å². The molecule has 1 aliphatic carbocycles. The van der Waals surface area contributed by atoms with Crippen molar-refractivity contribution in [1.82, 2.24) is 15.5 Å². The lowest BCUT2D eigenvalue weighted by atomic mass is 9.84. The lowest BCUT2D eigenvalue weighted by Gasteiger charge is -2.44. The Morgan fingerprint density at radius 2 is 1.63 bits per heavy atom. The summed E-state index contributed by atoms with van der Waals surface area (Å²) in [7, 11) is 1.41. The van der Waals surface area contributed by atoms with Gasteiger partial charge in [0.2, 0.25) is 5.91 Å². The van der Waals surface area contributed by atoms with Gasteiger partial charge in [0.05, 0.1) is 31.4 Å². The Kier molecular flexibility index (Phi) is 14.2. The number of ether oxygens (including phenoxy) is 4.